The number of hydrogen-bond acceptors (Lipinski definition) is 5. The molecule has 1 atom stereocenters. The van der Waals surface area contributed by atoms with Crippen LogP contribution in [-0.4, -0.2) is 54.6 Å². The molecule has 4 aliphatic heterocycles. The Balaban J connectivity index is 1.29. The Bertz CT molecular complexity index is 575. The number of nitro benzene ring substituents is 1. The average molecular weight is 330 g/mol. The third-order valence-electron chi connectivity index (χ3n) is 6.03. The first kappa shape index (κ1) is 15.8. The van der Waals surface area contributed by atoms with Crippen molar-refractivity contribution < 1.29 is 4.92 Å². The molecule has 0 amide bonds. The minimum atomic E-state index is -0.339. The highest BCUT2D eigenvalue weighted by molar-refractivity contribution is 5.51. The van der Waals surface area contributed by atoms with Crippen molar-refractivity contribution in [3.63, 3.8) is 0 Å². The lowest BCUT2D eigenvalue weighted by Crippen LogP contribution is -2.59. The maximum absolute atomic E-state index is 10.8. The molecule has 4 heterocycles. The van der Waals surface area contributed by atoms with Crippen LogP contribution in [0.25, 0.3) is 0 Å². The van der Waals surface area contributed by atoms with Crippen molar-refractivity contribution in [2.75, 3.05) is 37.6 Å². The van der Waals surface area contributed by atoms with Crippen molar-refractivity contribution in [1.29, 1.82) is 0 Å². The van der Waals surface area contributed by atoms with Gasteiger partial charge >= 0.3 is 0 Å². The summed E-state index contributed by atoms with van der Waals surface area (Å²) in [5.41, 5.74) is 1.26. The second kappa shape index (κ2) is 6.69. The van der Waals surface area contributed by atoms with Gasteiger partial charge in [-0.05, 0) is 56.8 Å². The fourth-order valence-electron chi connectivity index (χ4n) is 4.55. The predicted molar refractivity (Wildman–Crippen MR) is 94.4 cm³/mol. The van der Waals surface area contributed by atoms with Gasteiger partial charge in [0.15, 0.2) is 0 Å². The van der Waals surface area contributed by atoms with Gasteiger partial charge in [0, 0.05) is 49.5 Å². The Labute approximate surface area is 143 Å². The molecule has 0 saturated carbocycles. The molecular weight excluding hydrogens is 304 g/mol. The summed E-state index contributed by atoms with van der Waals surface area (Å²) < 4.78 is 0. The first-order chi connectivity index (χ1) is 11.7. The van der Waals surface area contributed by atoms with Crippen molar-refractivity contribution in [2.24, 2.45) is 5.92 Å². The molecule has 1 aromatic carbocycles. The SMILES string of the molecule is O=[N+]([O-])c1ccc(N2CCC(NC3CN4CCC3CC4)CC2)cc1. The molecule has 4 fully saturated rings. The minimum Gasteiger partial charge on any atom is -0.371 e. The fraction of sp³-hybridized carbons (Fsp3) is 0.667. The summed E-state index contributed by atoms with van der Waals surface area (Å²) in [6.45, 7) is 5.86. The van der Waals surface area contributed by atoms with Crippen molar-refractivity contribution in [3.05, 3.63) is 34.4 Å². The molecule has 5 rings (SSSR count). The second-order valence-electron chi connectivity index (χ2n) is 7.45. The van der Waals surface area contributed by atoms with Crippen LogP contribution >= 0.6 is 0 Å². The van der Waals surface area contributed by atoms with Crippen molar-refractivity contribution >= 4 is 11.4 Å². The first-order valence-electron chi connectivity index (χ1n) is 9.17. The van der Waals surface area contributed by atoms with Gasteiger partial charge in [0.2, 0.25) is 0 Å². The number of anilines is 1. The van der Waals surface area contributed by atoms with Crippen LogP contribution < -0.4 is 10.2 Å². The second-order valence-corrected chi connectivity index (χ2v) is 7.45. The number of non-ortho nitro benzene ring substituents is 1. The molecule has 1 aromatic rings. The summed E-state index contributed by atoms with van der Waals surface area (Å²) in [6, 6.07) is 8.26. The van der Waals surface area contributed by atoms with Gasteiger partial charge < -0.3 is 15.1 Å². The Kier molecular flexibility index (Phi) is 4.41. The third kappa shape index (κ3) is 3.26. The summed E-state index contributed by atoms with van der Waals surface area (Å²) in [7, 11) is 0. The molecule has 4 aliphatic rings. The summed E-state index contributed by atoms with van der Waals surface area (Å²) >= 11 is 0. The van der Waals surface area contributed by atoms with E-state index in [4.69, 9.17) is 0 Å². The summed E-state index contributed by atoms with van der Waals surface area (Å²) in [6.07, 6.45) is 5.03. The average Bonchev–Trinajstić information content (AvgIpc) is 2.63. The van der Waals surface area contributed by atoms with Gasteiger partial charge in [-0.2, -0.15) is 0 Å². The van der Waals surface area contributed by atoms with E-state index in [1.807, 2.05) is 12.1 Å². The van der Waals surface area contributed by atoms with Crippen molar-refractivity contribution in [1.82, 2.24) is 10.2 Å². The highest BCUT2D eigenvalue weighted by atomic mass is 16.6. The Hall–Kier alpha value is -1.66. The predicted octanol–water partition coefficient (Wildman–Crippen LogP) is 2.25. The van der Waals surface area contributed by atoms with Crippen LogP contribution in [0.2, 0.25) is 0 Å². The van der Waals surface area contributed by atoms with Crippen LogP contribution in [0.5, 0.6) is 0 Å². The molecule has 1 unspecified atom stereocenters. The third-order valence-corrected chi connectivity index (χ3v) is 6.03. The van der Waals surface area contributed by atoms with Gasteiger partial charge in [0.1, 0.15) is 0 Å². The standard InChI is InChI=1S/C18H26N4O2/c23-22(24)17-3-1-16(2-4-17)21-11-7-15(8-12-21)19-18-13-20-9-5-14(18)6-10-20/h1-4,14-15,18-19H,5-13H2. The lowest BCUT2D eigenvalue weighted by Gasteiger charge is -2.47. The largest absolute Gasteiger partial charge is 0.371 e. The lowest BCUT2D eigenvalue weighted by molar-refractivity contribution is -0.384. The molecule has 1 N–H and O–H groups in total. The summed E-state index contributed by atoms with van der Waals surface area (Å²) in [5.74, 6) is 0.878. The number of benzene rings is 1. The topological polar surface area (TPSA) is 61.7 Å². The van der Waals surface area contributed by atoms with E-state index in [9.17, 15) is 10.1 Å². The normalized spacial score (nSPS) is 30.5. The van der Waals surface area contributed by atoms with Gasteiger partial charge in [-0.15, -0.1) is 0 Å². The molecule has 0 spiro atoms. The van der Waals surface area contributed by atoms with Crippen LogP contribution in [0.4, 0.5) is 11.4 Å². The number of nitrogens with one attached hydrogen (secondary N) is 1. The number of fused-ring (bicyclic) bond motifs is 3. The Morgan fingerprint density at radius 3 is 2.21 bits per heavy atom. The highest BCUT2D eigenvalue weighted by Crippen LogP contribution is 2.29. The van der Waals surface area contributed by atoms with Crippen LogP contribution in [0.15, 0.2) is 24.3 Å². The maximum Gasteiger partial charge on any atom is 0.269 e. The lowest BCUT2D eigenvalue weighted by atomic mass is 9.83. The smallest absolute Gasteiger partial charge is 0.269 e. The van der Waals surface area contributed by atoms with E-state index in [-0.39, 0.29) is 10.6 Å². The van der Waals surface area contributed by atoms with E-state index in [0.717, 1.165) is 37.5 Å². The van der Waals surface area contributed by atoms with Crippen LogP contribution in [0.3, 0.4) is 0 Å². The molecule has 130 valence electrons. The highest BCUT2D eigenvalue weighted by Gasteiger charge is 2.35. The number of nitro groups is 1. The van der Waals surface area contributed by atoms with Crippen LogP contribution in [0, 0.1) is 16.0 Å². The maximum atomic E-state index is 10.8. The number of hydrogen-bond donors (Lipinski definition) is 1. The molecule has 0 aromatic heterocycles. The van der Waals surface area contributed by atoms with E-state index in [1.54, 1.807) is 12.1 Å². The number of rotatable bonds is 4. The summed E-state index contributed by atoms with van der Waals surface area (Å²) in [5, 5.41) is 14.7. The quantitative estimate of drug-likeness (QED) is 0.678. The molecule has 2 bridgehead atoms. The molecular formula is C18H26N4O2. The van der Waals surface area contributed by atoms with Gasteiger partial charge in [0.05, 0.1) is 4.92 Å². The van der Waals surface area contributed by atoms with Crippen molar-refractivity contribution in [2.45, 2.75) is 37.8 Å². The minimum absolute atomic E-state index is 0.164. The van der Waals surface area contributed by atoms with Crippen molar-refractivity contribution in [3.8, 4) is 0 Å². The van der Waals surface area contributed by atoms with Gasteiger partial charge in [0.25, 0.3) is 5.69 Å². The van der Waals surface area contributed by atoms with E-state index in [2.05, 4.69) is 15.1 Å². The van der Waals surface area contributed by atoms with Gasteiger partial charge in [-0.3, -0.25) is 10.1 Å². The van der Waals surface area contributed by atoms with E-state index < -0.39 is 0 Å². The molecule has 0 radical (unpaired) electrons. The Morgan fingerprint density at radius 1 is 1.00 bits per heavy atom. The number of nitrogens with zero attached hydrogens (tertiary/aromatic N) is 3. The number of piperidine rings is 4. The zero-order chi connectivity index (χ0) is 16.5. The molecule has 0 aliphatic carbocycles. The van der Waals surface area contributed by atoms with E-state index in [1.165, 1.54) is 32.5 Å². The monoisotopic (exact) mass is 330 g/mol. The Morgan fingerprint density at radius 2 is 1.67 bits per heavy atom. The van der Waals surface area contributed by atoms with E-state index >= 15 is 0 Å². The van der Waals surface area contributed by atoms with Gasteiger partial charge in [-0.25, -0.2) is 0 Å². The van der Waals surface area contributed by atoms with Crippen LogP contribution in [0.1, 0.15) is 25.7 Å². The zero-order valence-corrected chi connectivity index (χ0v) is 14.1. The van der Waals surface area contributed by atoms with Crippen LogP contribution in [-0.2, 0) is 0 Å². The van der Waals surface area contributed by atoms with Gasteiger partial charge in [-0.1, -0.05) is 0 Å². The zero-order valence-electron chi connectivity index (χ0n) is 14.1. The molecule has 6 heteroatoms. The fourth-order valence-corrected chi connectivity index (χ4v) is 4.55. The molecule has 24 heavy (non-hydrogen) atoms. The summed E-state index contributed by atoms with van der Waals surface area (Å²) in [4.78, 5) is 15.4. The van der Waals surface area contributed by atoms with E-state index in [0.29, 0.717) is 12.1 Å². The molecule has 6 nitrogen and oxygen atoms in total. The first-order valence-corrected chi connectivity index (χ1v) is 9.17. The molecule has 4 saturated heterocycles.